The highest BCUT2D eigenvalue weighted by atomic mass is 16.4. The minimum absolute atomic E-state index is 0.155. The van der Waals surface area contributed by atoms with Crippen LogP contribution in [0.4, 0.5) is 0 Å². The van der Waals surface area contributed by atoms with E-state index in [0.29, 0.717) is 11.8 Å². The quantitative estimate of drug-likeness (QED) is 0.580. The van der Waals surface area contributed by atoms with Crippen molar-refractivity contribution in [1.29, 1.82) is 0 Å². The van der Waals surface area contributed by atoms with Gasteiger partial charge in [0.1, 0.15) is 6.04 Å². The highest BCUT2D eigenvalue weighted by Crippen LogP contribution is 2.65. The van der Waals surface area contributed by atoms with Gasteiger partial charge in [-0.05, 0) is 37.0 Å². The van der Waals surface area contributed by atoms with Crippen LogP contribution < -0.4 is 0 Å². The van der Waals surface area contributed by atoms with E-state index in [1.807, 2.05) is 0 Å². The fourth-order valence-corrected chi connectivity index (χ4v) is 4.47. The van der Waals surface area contributed by atoms with Crippen molar-refractivity contribution in [1.82, 2.24) is 4.90 Å². The lowest BCUT2D eigenvalue weighted by Crippen LogP contribution is -2.43. The standard InChI is InChI=1S/C14H15NO4/c1-5(14(18)19)15-12(16)10-6-2-3-7(9-4-8(6)9)11(10)13(15)17/h2-3,5-11H,4H2,1H3,(H,18,19)/t5-,6+,7+,8+,9+,10-,11+/m0/s1. The molecular weight excluding hydrogens is 246 g/mol. The molecule has 0 radical (unpaired) electrons. The number of hydrogen-bond acceptors (Lipinski definition) is 3. The highest BCUT2D eigenvalue weighted by Gasteiger charge is 2.67. The molecule has 1 aliphatic heterocycles. The van der Waals surface area contributed by atoms with Crippen LogP contribution in [0.3, 0.4) is 0 Å². The number of nitrogens with zero attached hydrogens (tertiary/aromatic N) is 1. The molecule has 0 unspecified atom stereocenters. The summed E-state index contributed by atoms with van der Waals surface area (Å²) >= 11 is 0. The van der Waals surface area contributed by atoms with Crippen molar-refractivity contribution in [2.75, 3.05) is 0 Å². The number of allylic oxidation sites excluding steroid dienone is 2. The Morgan fingerprint density at radius 1 is 1.21 bits per heavy atom. The Morgan fingerprint density at radius 2 is 1.68 bits per heavy atom. The molecule has 0 aromatic rings. The summed E-state index contributed by atoms with van der Waals surface area (Å²) in [5.74, 6) is -0.845. The third-order valence-electron chi connectivity index (χ3n) is 5.44. The Balaban J connectivity index is 1.74. The SMILES string of the molecule is C[C@@H](C(=O)O)N1C(=O)[C@@H]2[C@@H]3C=C[C@H]([C@H]4C[C@H]34)[C@@H]2C1=O. The molecule has 0 aromatic carbocycles. The molecule has 2 bridgehead atoms. The zero-order valence-corrected chi connectivity index (χ0v) is 10.5. The Kier molecular flexibility index (Phi) is 1.92. The molecule has 5 aliphatic rings. The van der Waals surface area contributed by atoms with Gasteiger partial charge < -0.3 is 5.11 Å². The van der Waals surface area contributed by atoms with Crippen LogP contribution in [-0.4, -0.2) is 33.8 Å². The number of aliphatic carboxylic acids is 1. The fourth-order valence-electron chi connectivity index (χ4n) is 4.47. The van der Waals surface area contributed by atoms with Crippen molar-refractivity contribution >= 4 is 17.8 Å². The van der Waals surface area contributed by atoms with Gasteiger partial charge in [-0.15, -0.1) is 0 Å². The maximum Gasteiger partial charge on any atom is 0.326 e. The second kappa shape index (κ2) is 3.26. The first-order valence-electron chi connectivity index (χ1n) is 6.80. The molecule has 0 spiro atoms. The highest BCUT2D eigenvalue weighted by molar-refractivity contribution is 6.08. The average Bonchev–Trinajstić information content (AvgIpc) is 3.14. The van der Waals surface area contributed by atoms with E-state index in [-0.39, 0.29) is 35.5 Å². The number of amides is 2. The van der Waals surface area contributed by atoms with Crippen molar-refractivity contribution in [3.63, 3.8) is 0 Å². The Morgan fingerprint density at radius 3 is 2.11 bits per heavy atom. The first-order chi connectivity index (χ1) is 9.02. The second-order valence-corrected chi connectivity index (χ2v) is 6.22. The molecule has 5 rings (SSSR count). The van der Waals surface area contributed by atoms with Crippen LogP contribution in [0.25, 0.3) is 0 Å². The number of carbonyl (C=O) groups is 3. The molecule has 5 heteroatoms. The number of rotatable bonds is 2. The molecule has 0 aromatic heterocycles. The molecule has 1 heterocycles. The molecule has 1 N–H and O–H groups in total. The predicted molar refractivity (Wildman–Crippen MR) is 63.6 cm³/mol. The van der Waals surface area contributed by atoms with Gasteiger partial charge in [-0.2, -0.15) is 0 Å². The second-order valence-electron chi connectivity index (χ2n) is 6.22. The summed E-state index contributed by atoms with van der Waals surface area (Å²) in [7, 11) is 0. The fraction of sp³-hybridized carbons (Fsp3) is 0.643. The first-order valence-corrected chi connectivity index (χ1v) is 6.80. The van der Waals surface area contributed by atoms with E-state index in [1.54, 1.807) is 0 Å². The molecular formula is C14H15NO4. The lowest BCUT2D eigenvalue weighted by atomic mass is 9.63. The van der Waals surface area contributed by atoms with Gasteiger partial charge in [0.05, 0.1) is 11.8 Å². The molecule has 1 saturated heterocycles. The predicted octanol–water partition coefficient (Wildman–Crippen LogP) is 0.513. The topological polar surface area (TPSA) is 74.7 Å². The Labute approximate surface area is 110 Å². The van der Waals surface area contributed by atoms with E-state index in [0.717, 1.165) is 11.3 Å². The van der Waals surface area contributed by atoms with Crippen molar-refractivity contribution in [2.24, 2.45) is 35.5 Å². The summed E-state index contributed by atoms with van der Waals surface area (Å²) in [6.45, 7) is 1.41. The number of carbonyl (C=O) groups excluding carboxylic acids is 2. The van der Waals surface area contributed by atoms with Crippen LogP contribution in [0, 0.1) is 35.5 Å². The Bertz CT molecular complexity index is 504. The minimum atomic E-state index is -1.12. The molecule has 2 amide bonds. The summed E-state index contributed by atoms with van der Waals surface area (Å²) in [5, 5.41) is 9.06. The van der Waals surface area contributed by atoms with Crippen molar-refractivity contribution in [2.45, 2.75) is 19.4 Å². The lowest BCUT2D eigenvalue weighted by Gasteiger charge is -2.37. The third-order valence-corrected chi connectivity index (χ3v) is 5.44. The zero-order valence-electron chi connectivity index (χ0n) is 10.5. The summed E-state index contributed by atoms with van der Waals surface area (Å²) in [4.78, 5) is 37.0. The summed E-state index contributed by atoms with van der Waals surface area (Å²) in [5.41, 5.74) is 0. The number of carboxylic acid groups (broad SMARTS) is 1. The maximum atomic E-state index is 12.5. The van der Waals surface area contributed by atoms with Gasteiger partial charge in [0.15, 0.2) is 0 Å². The van der Waals surface area contributed by atoms with E-state index in [4.69, 9.17) is 5.11 Å². The third kappa shape index (κ3) is 1.18. The van der Waals surface area contributed by atoms with Gasteiger partial charge in [0, 0.05) is 0 Å². The monoisotopic (exact) mass is 261 g/mol. The molecule has 19 heavy (non-hydrogen) atoms. The average molecular weight is 261 g/mol. The normalized spacial score (nSPS) is 47.1. The van der Waals surface area contributed by atoms with E-state index >= 15 is 0 Å². The number of carboxylic acids is 1. The van der Waals surface area contributed by atoms with Crippen LogP contribution in [0.5, 0.6) is 0 Å². The number of hydrogen-bond donors (Lipinski definition) is 1. The molecule has 100 valence electrons. The minimum Gasteiger partial charge on any atom is -0.480 e. The van der Waals surface area contributed by atoms with Crippen LogP contribution in [0.2, 0.25) is 0 Å². The van der Waals surface area contributed by atoms with Gasteiger partial charge >= 0.3 is 5.97 Å². The number of imide groups is 1. The maximum absolute atomic E-state index is 12.5. The molecule has 3 fully saturated rings. The summed E-state index contributed by atoms with van der Waals surface area (Å²) < 4.78 is 0. The van der Waals surface area contributed by atoms with Gasteiger partial charge in [-0.25, -0.2) is 4.79 Å². The molecule has 5 nitrogen and oxygen atoms in total. The first kappa shape index (κ1) is 11.2. The molecule has 4 aliphatic carbocycles. The van der Waals surface area contributed by atoms with Gasteiger partial charge in [0.2, 0.25) is 11.8 Å². The van der Waals surface area contributed by atoms with E-state index in [2.05, 4.69) is 12.2 Å². The van der Waals surface area contributed by atoms with E-state index in [1.165, 1.54) is 6.92 Å². The van der Waals surface area contributed by atoms with Crippen LogP contribution in [0.15, 0.2) is 12.2 Å². The van der Waals surface area contributed by atoms with Gasteiger partial charge in [0.25, 0.3) is 0 Å². The summed E-state index contributed by atoms with van der Waals surface area (Å²) in [6.07, 6.45) is 5.28. The summed E-state index contributed by atoms with van der Waals surface area (Å²) in [6, 6.07) is -1.05. The van der Waals surface area contributed by atoms with E-state index in [9.17, 15) is 14.4 Å². The van der Waals surface area contributed by atoms with Gasteiger partial charge in [-0.3, -0.25) is 14.5 Å². The van der Waals surface area contributed by atoms with Crippen molar-refractivity contribution in [3.05, 3.63) is 12.2 Å². The van der Waals surface area contributed by atoms with Crippen molar-refractivity contribution in [3.8, 4) is 0 Å². The molecule has 7 atom stereocenters. The lowest BCUT2D eigenvalue weighted by molar-refractivity contribution is -0.154. The van der Waals surface area contributed by atoms with E-state index < -0.39 is 12.0 Å². The van der Waals surface area contributed by atoms with Crippen LogP contribution >= 0.6 is 0 Å². The van der Waals surface area contributed by atoms with Gasteiger partial charge in [-0.1, -0.05) is 12.2 Å². The zero-order chi connectivity index (χ0) is 13.5. The largest absolute Gasteiger partial charge is 0.480 e. The smallest absolute Gasteiger partial charge is 0.326 e. The molecule has 2 saturated carbocycles. The number of likely N-dealkylation sites (tertiary alicyclic amines) is 1. The Hall–Kier alpha value is -1.65. The van der Waals surface area contributed by atoms with Crippen molar-refractivity contribution < 1.29 is 19.5 Å². The van der Waals surface area contributed by atoms with Crippen LogP contribution in [-0.2, 0) is 14.4 Å². The van der Waals surface area contributed by atoms with Crippen LogP contribution in [0.1, 0.15) is 13.3 Å².